The van der Waals surface area contributed by atoms with Crippen LogP contribution in [0.25, 0.3) is 11.0 Å². The van der Waals surface area contributed by atoms with Gasteiger partial charge in [0.15, 0.2) is 5.60 Å². The summed E-state index contributed by atoms with van der Waals surface area (Å²) in [5, 5.41) is 20.8. The summed E-state index contributed by atoms with van der Waals surface area (Å²) in [6, 6.07) is 22.6. The number of ether oxygens (including phenoxy) is 2. The van der Waals surface area contributed by atoms with E-state index >= 15 is 0 Å². The molecule has 1 aliphatic heterocycles. The van der Waals surface area contributed by atoms with Crippen LogP contribution in [0.2, 0.25) is 0 Å². The van der Waals surface area contributed by atoms with Gasteiger partial charge < -0.3 is 14.6 Å². The lowest BCUT2D eigenvalue weighted by Gasteiger charge is -2.38. The highest BCUT2D eigenvalue weighted by Gasteiger charge is 2.60. The van der Waals surface area contributed by atoms with Crippen LogP contribution in [-0.2, 0) is 11.3 Å². The molecule has 0 bridgehead atoms. The minimum Gasteiger partial charge on any atom is -0.497 e. The SMILES string of the molecule is COc1ccc2c(c1)OC(C)(n1nnc3ccccc31)C2(O)c1ccccc1. The van der Waals surface area contributed by atoms with Gasteiger partial charge in [-0.05, 0) is 29.8 Å². The molecular formula is C22H19N3O3. The molecular weight excluding hydrogens is 354 g/mol. The Balaban J connectivity index is 1.81. The van der Waals surface area contributed by atoms with E-state index < -0.39 is 11.3 Å². The van der Waals surface area contributed by atoms with E-state index in [0.29, 0.717) is 22.6 Å². The van der Waals surface area contributed by atoms with E-state index in [1.807, 2.05) is 73.7 Å². The van der Waals surface area contributed by atoms with Crippen LogP contribution in [0.3, 0.4) is 0 Å². The molecule has 2 unspecified atom stereocenters. The number of aromatic nitrogens is 3. The van der Waals surface area contributed by atoms with Crippen LogP contribution in [0.4, 0.5) is 0 Å². The van der Waals surface area contributed by atoms with E-state index in [2.05, 4.69) is 10.3 Å². The van der Waals surface area contributed by atoms with E-state index in [-0.39, 0.29) is 0 Å². The van der Waals surface area contributed by atoms with Crippen LogP contribution in [0.1, 0.15) is 18.1 Å². The van der Waals surface area contributed by atoms with Crippen LogP contribution in [-0.4, -0.2) is 27.2 Å². The Hall–Kier alpha value is -3.38. The van der Waals surface area contributed by atoms with E-state index in [9.17, 15) is 5.11 Å². The van der Waals surface area contributed by atoms with E-state index in [1.165, 1.54) is 0 Å². The lowest BCUT2D eigenvalue weighted by molar-refractivity contribution is -0.135. The maximum absolute atomic E-state index is 12.2. The Labute approximate surface area is 161 Å². The minimum absolute atomic E-state index is 0.549. The van der Waals surface area contributed by atoms with Crippen molar-refractivity contribution in [1.29, 1.82) is 0 Å². The van der Waals surface area contributed by atoms with E-state index in [1.54, 1.807) is 17.9 Å². The molecule has 1 aromatic heterocycles. The summed E-state index contributed by atoms with van der Waals surface area (Å²) in [4.78, 5) is 0. The van der Waals surface area contributed by atoms with Gasteiger partial charge in [0.05, 0.1) is 12.6 Å². The first-order valence-corrected chi connectivity index (χ1v) is 9.04. The van der Waals surface area contributed by atoms with Crippen molar-refractivity contribution in [2.45, 2.75) is 18.2 Å². The second-order valence-corrected chi connectivity index (χ2v) is 7.01. The Morgan fingerprint density at radius 3 is 2.54 bits per heavy atom. The van der Waals surface area contributed by atoms with Crippen molar-refractivity contribution >= 4 is 11.0 Å². The summed E-state index contributed by atoms with van der Waals surface area (Å²) >= 11 is 0. The van der Waals surface area contributed by atoms with Gasteiger partial charge in [0.2, 0.25) is 5.72 Å². The van der Waals surface area contributed by atoms with Gasteiger partial charge in [-0.25, -0.2) is 0 Å². The molecule has 0 aliphatic carbocycles. The van der Waals surface area contributed by atoms with Crippen LogP contribution in [0.15, 0.2) is 72.8 Å². The standard InChI is InChI=1S/C22H19N3O3/c1-21(25-19-11-7-6-10-18(19)23-24-25)22(26,15-8-4-3-5-9-15)17-13-12-16(27-2)14-20(17)28-21/h3-14,26H,1-2H3. The zero-order chi connectivity index (χ0) is 19.4. The highest BCUT2D eigenvalue weighted by molar-refractivity contribution is 5.74. The summed E-state index contributed by atoms with van der Waals surface area (Å²) in [6.07, 6.45) is 0. The lowest BCUT2D eigenvalue weighted by Crippen LogP contribution is -2.52. The predicted molar refractivity (Wildman–Crippen MR) is 104 cm³/mol. The Bertz CT molecular complexity index is 1170. The number of fused-ring (bicyclic) bond motifs is 2. The molecule has 2 heterocycles. The first-order chi connectivity index (χ1) is 13.6. The number of nitrogens with zero attached hydrogens (tertiary/aromatic N) is 3. The van der Waals surface area contributed by atoms with Crippen LogP contribution < -0.4 is 9.47 Å². The molecule has 2 atom stereocenters. The number of hydrogen-bond acceptors (Lipinski definition) is 5. The summed E-state index contributed by atoms with van der Waals surface area (Å²) < 4.78 is 13.4. The average molecular weight is 373 g/mol. The third-order valence-electron chi connectivity index (χ3n) is 5.51. The van der Waals surface area contributed by atoms with Gasteiger partial charge in [-0.15, -0.1) is 5.10 Å². The number of benzene rings is 3. The van der Waals surface area contributed by atoms with Crippen molar-refractivity contribution in [2.75, 3.05) is 7.11 Å². The van der Waals surface area contributed by atoms with Crippen molar-refractivity contribution in [3.63, 3.8) is 0 Å². The molecule has 0 fully saturated rings. The molecule has 0 spiro atoms. The third kappa shape index (κ3) is 2.06. The first-order valence-electron chi connectivity index (χ1n) is 9.04. The van der Waals surface area contributed by atoms with Gasteiger partial charge in [0.1, 0.15) is 17.0 Å². The molecule has 6 nitrogen and oxygen atoms in total. The number of methoxy groups -OCH3 is 1. The number of hydrogen-bond donors (Lipinski definition) is 1. The maximum Gasteiger partial charge on any atom is 0.238 e. The lowest BCUT2D eigenvalue weighted by atomic mass is 9.80. The molecule has 140 valence electrons. The molecule has 28 heavy (non-hydrogen) atoms. The quantitative estimate of drug-likeness (QED) is 0.596. The maximum atomic E-state index is 12.2. The third-order valence-corrected chi connectivity index (χ3v) is 5.51. The molecule has 0 amide bonds. The van der Waals surface area contributed by atoms with Crippen molar-refractivity contribution in [3.8, 4) is 11.5 Å². The predicted octanol–water partition coefficient (Wildman–Crippen LogP) is 3.44. The highest BCUT2D eigenvalue weighted by atomic mass is 16.5. The molecule has 3 aromatic carbocycles. The Kier molecular flexibility index (Phi) is 3.48. The van der Waals surface area contributed by atoms with Gasteiger partial charge in [-0.3, -0.25) is 0 Å². The fourth-order valence-electron chi connectivity index (χ4n) is 4.03. The number of aliphatic hydroxyl groups is 1. The van der Waals surface area contributed by atoms with Gasteiger partial charge >= 0.3 is 0 Å². The van der Waals surface area contributed by atoms with Gasteiger partial charge in [-0.1, -0.05) is 47.7 Å². The summed E-state index contributed by atoms with van der Waals surface area (Å²) in [6.45, 7) is 1.83. The topological polar surface area (TPSA) is 69.4 Å². The average Bonchev–Trinajstić information content (AvgIpc) is 3.27. The van der Waals surface area contributed by atoms with Crippen molar-refractivity contribution in [1.82, 2.24) is 15.0 Å². The number of rotatable bonds is 3. The van der Waals surface area contributed by atoms with E-state index in [4.69, 9.17) is 9.47 Å². The smallest absolute Gasteiger partial charge is 0.238 e. The normalized spacial score (nSPS) is 23.4. The van der Waals surface area contributed by atoms with Crippen LogP contribution in [0, 0.1) is 0 Å². The molecule has 0 saturated heterocycles. The minimum atomic E-state index is -1.48. The summed E-state index contributed by atoms with van der Waals surface area (Å²) in [5.74, 6) is 1.20. The van der Waals surface area contributed by atoms with Gasteiger partial charge in [0.25, 0.3) is 0 Å². The Morgan fingerprint density at radius 2 is 1.75 bits per heavy atom. The molecule has 5 rings (SSSR count). The fourth-order valence-corrected chi connectivity index (χ4v) is 4.03. The molecule has 0 radical (unpaired) electrons. The molecule has 6 heteroatoms. The zero-order valence-electron chi connectivity index (χ0n) is 15.5. The van der Waals surface area contributed by atoms with Crippen LogP contribution in [0.5, 0.6) is 11.5 Å². The first kappa shape index (κ1) is 16.8. The second kappa shape index (κ2) is 5.81. The van der Waals surface area contributed by atoms with E-state index in [0.717, 1.165) is 11.0 Å². The fraction of sp³-hybridized carbons (Fsp3) is 0.182. The number of para-hydroxylation sites is 1. The van der Waals surface area contributed by atoms with Gasteiger partial charge in [0, 0.05) is 18.6 Å². The van der Waals surface area contributed by atoms with Crippen molar-refractivity contribution in [2.24, 2.45) is 0 Å². The molecule has 4 aromatic rings. The largest absolute Gasteiger partial charge is 0.497 e. The molecule has 1 aliphatic rings. The van der Waals surface area contributed by atoms with Crippen molar-refractivity contribution in [3.05, 3.63) is 83.9 Å². The molecule has 1 N–H and O–H groups in total. The second-order valence-electron chi connectivity index (χ2n) is 7.01. The summed E-state index contributed by atoms with van der Waals surface area (Å²) in [5.41, 5.74) is 0.142. The summed E-state index contributed by atoms with van der Waals surface area (Å²) in [7, 11) is 1.60. The molecule has 0 saturated carbocycles. The monoisotopic (exact) mass is 373 g/mol. The van der Waals surface area contributed by atoms with Gasteiger partial charge in [-0.2, -0.15) is 4.68 Å². The Morgan fingerprint density at radius 1 is 1.00 bits per heavy atom. The van der Waals surface area contributed by atoms with Crippen LogP contribution >= 0.6 is 0 Å². The highest BCUT2D eigenvalue weighted by Crippen LogP contribution is 2.54. The zero-order valence-corrected chi connectivity index (χ0v) is 15.5. The van der Waals surface area contributed by atoms with Crippen molar-refractivity contribution < 1.29 is 14.6 Å².